The van der Waals surface area contributed by atoms with Crippen molar-refractivity contribution in [3.63, 3.8) is 0 Å². The number of rotatable bonds is 4. The Bertz CT molecular complexity index is 508. The smallest absolute Gasteiger partial charge is 0.226 e. The summed E-state index contributed by atoms with van der Waals surface area (Å²) in [7, 11) is 0. The van der Waals surface area contributed by atoms with Crippen molar-refractivity contribution in [2.45, 2.75) is 20.4 Å². The van der Waals surface area contributed by atoms with Gasteiger partial charge in [-0.2, -0.15) is 0 Å². The van der Waals surface area contributed by atoms with E-state index in [4.69, 9.17) is 4.42 Å². The number of hydrogen-bond acceptors (Lipinski definition) is 3. The molecule has 0 saturated carbocycles. The number of nitrogens with zero attached hydrogens (tertiary/aromatic N) is 1. The van der Waals surface area contributed by atoms with E-state index in [0.717, 1.165) is 12.2 Å². The average Bonchev–Trinajstić information content (AvgIpc) is 2.79. The van der Waals surface area contributed by atoms with Gasteiger partial charge < -0.3 is 9.73 Å². The zero-order valence-electron chi connectivity index (χ0n) is 9.96. The van der Waals surface area contributed by atoms with Crippen LogP contribution in [0.25, 0.3) is 11.5 Å². The van der Waals surface area contributed by atoms with Crippen molar-refractivity contribution >= 4 is 0 Å². The summed E-state index contributed by atoms with van der Waals surface area (Å²) < 4.78 is 18.7. The van der Waals surface area contributed by atoms with E-state index in [1.165, 1.54) is 6.07 Å². The van der Waals surface area contributed by atoms with Gasteiger partial charge in [0.2, 0.25) is 5.89 Å². The molecule has 0 unspecified atom stereocenters. The Morgan fingerprint density at radius 2 is 2.24 bits per heavy atom. The van der Waals surface area contributed by atoms with Crippen LogP contribution in [0.15, 0.2) is 28.9 Å². The molecule has 0 fully saturated rings. The van der Waals surface area contributed by atoms with Crippen LogP contribution < -0.4 is 5.32 Å². The van der Waals surface area contributed by atoms with E-state index in [-0.39, 0.29) is 5.82 Å². The molecule has 1 aromatic carbocycles. The maximum Gasteiger partial charge on any atom is 0.226 e. The third kappa shape index (κ3) is 2.71. The standard InChI is InChI=1S/C13H15FN2O/c1-3-15-7-11-8-17-13(16-11)10-5-4-9(2)12(14)6-10/h4-6,8,15H,3,7H2,1-2H3. The normalized spacial score (nSPS) is 10.8. The molecule has 2 aromatic rings. The largest absolute Gasteiger partial charge is 0.444 e. The first kappa shape index (κ1) is 11.8. The van der Waals surface area contributed by atoms with E-state index in [2.05, 4.69) is 10.3 Å². The second-order valence-electron chi connectivity index (χ2n) is 3.89. The zero-order valence-corrected chi connectivity index (χ0v) is 9.96. The van der Waals surface area contributed by atoms with Crippen molar-refractivity contribution in [1.82, 2.24) is 10.3 Å². The Labute approximate surface area is 99.7 Å². The van der Waals surface area contributed by atoms with E-state index in [9.17, 15) is 4.39 Å². The maximum atomic E-state index is 13.4. The Balaban J connectivity index is 2.21. The predicted octanol–water partition coefficient (Wildman–Crippen LogP) is 2.90. The lowest BCUT2D eigenvalue weighted by atomic mass is 10.1. The molecule has 4 heteroatoms. The SMILES string of the molecule is CCNCc1coc(-c2ccc(C)c(F)c2)n1. The molecule has 0 atom stereocenters. The quantitative estimate of drug-likeness (QED) is 0.884. The number of nitrogens with one attached hydrogen (secondary N) is 1. The van der Waals surface area contributed by atoms with Gasteiger partial charge in [0, 0.05) is 12.1 Å². The van der Waals surface area contributed by atoms with Gasteiger partial charge in [0.05, 0.1) is 5.69 Å². The molecule has 0 radical (unpaired) electrons. The van der Waals surface area contributed by atoms with E-state index < -0.39 is 0 Å². The molecule has 1 aromatic heterocycles. The van der Waals surface area contributed by atoms with Crippen molar-refractivity contribution in [3.8, 4) is 11.5 Å². The third-order valence-electron chi connectivity index (χ3n) is 2.53. The fourth-order valence-electron chi connectivity index (χ4n) is 1.50. The number of hydrogen-bond donors (Lipinski definition) is 1. The van der Waals surface area contributed by atoms with Gasteiger partial charge in [0.15, 0.2) is 0 Å². The minimum absolute atomic E-state index is 0.242. The molecule has 3 nitrogen and oxygen atoms in total. The average molecular weight is 234 g/mol. The van der Waals surface area contributed by atoms with E-state index >= 15 is 0 Å². The van der Waals surface area contributed by atoms with Gasteiger partial charge in [-0.25, -0.2) is 9.37 Å². The molecule has 0 spiro atoms. The topological polar surface area (TPSA) is 38.1 Å². The lowest BCUT2D eigenvalue weighted by Crippen LogP contribution is -2.11. The highest BCUT2D eigenvalue weighted by molar-refractivity contribution is 5.54. The minimum Gasteiger partial charge on any atom is -0.444 e. The highest BCUT2D eigenvalue weighted by atomic mass is 19.1. The summed E-state index contributed by atoms with van der Waals surface area (Å²) in [5, 5.41) is 3.15. The van der Waals surface area contributed by atoms with Gasteiger partial charge in [-0.05, 0) is 31.2 Å². The van der Waals surface area contributed by atoms with Gasteiger partial charge in [0.25, 0.3) is 0 Å². The van der Waals surface area contributed by atoms with Gasteiger partial charge >= 0.3 is 0 Å². The zero-order chi connectivity index (χ0) is 12.3. The Hall–Kier alpha value is -1.68. The van der Waals surface area contributed by atoms with Crippen LogP contribution in [0.2, 0.25) is 0 Å². The molecule has 2 rings (SSSR count). The molecular formula is C13H15FN2O. The van der Waals surface area contributed by atoms with Gasteiger partial charge in [0.1, 0.15) is 12.1 Å². The summed E-state index contributed by atoms with van der Waals surface area (Å²) >= 11 is 0. The van der Waals surface area contributed by atoms with E-state index in [1.807, 2.05) is 6.92 Å². The van der Waals surface area contributed by atoms with Crippen molar-refractivity contribution in [2.75, 3.05) is 6.54 Å². The van der Waals surface area contributed by atoms with E-state index in [1.54, 1.807) is 25.3 Å². The second kappa shape index (κ2) is 5.10. The Morgan fingerprint density at radius 1 is 1.41 bits per heavy atom. The van der Waals surface area contributed by atoms with Gasteiger partial charge in [-0.1, -0.05) is 13.0 Å². The lowest BCUT2D eigenvalue weighted by molar-refractivity contribution is 0.568. The number of aryl methyl sites for hydroxylation is 1. The van der Waals surface area contributed by atoms with Crippen molar-refractivity contribution in [1.29, 1.82) is 0 Å². The van der Waals surface area contributed by atoms with E-state index in [0.29, 0.717) is 23.6 Å². The second-order valence-corrected chi connectivity index (χ2v) is 3.89. The van der Waals surface area contributed by atoms with Crippen molar-refractivity contribution < 1.29 is 8.81 Å². The number of aromatic nitrogens is 1. The molecule has 0 amide bonds. The fourth-order valence-corrected chi connectivity index (χ4v) is 1.50. The van der Waals surface area contributed by atoms with Crippen LogP contribution in [0.5, 0.6) is 0 Å². The van der Waals surface area contributed by atoms with Crippen LogP contribution >= 0.6 is 0 Å². The van der Waals surface area contributed by atoms with Gasteiger partial charge in [-0.3, -0.25) is 0 Å². The Morgan fingerprint density at radius 3 is 2.94 bits per heavy atom. The first-order valence-electron chi connectivity index (χ1n) is 5.62. The molecular weight excluding hydrogens is 219 g/mol. The molecule has 0 saturated heterocycles. The van der Waals surface area contributed by atoms with Crippen molar-refractivity contribution in [2.24, 2.45) is 0 Å². The Kier molecular flexibility index (Phi) is 3.54. The molecule has 0 aliphatic rings. The summed E-state index contributed by atoms with van der Waals surface area (Å²) in [5.74, 6) is 0.214. The monoisotopic (exact) mass is 234 g/mol. The first-order chi connectivity index (χ1) is 8.20. The summed E-state index contributed by atoms with van der Waals surface area (Å²) in [5.41, 5.74) is 2.10. The molecule has 0 aliphatic heterocycles. The first-order valence-corrected chi connectivity index (χ1v) is 5.62. The maximum absolute atomic E-state index is 13.4. The third-order valence-corrected chi connectivity index (χ3v) is 2.53. The molecule has 1 N–H and O–H groups in total. The van der Waals surface area contributed by atoms with Crippen LogP contribution in [-0.4, -0.2) is 11.5 Å². The number of oxazole rings is 1. The molecule has 0 aliphatic carbocycles. The fraction of sp³-hybridized carbons (Fsp3) is 0.308. The van der Waals surface area contributed by atoms with Crippen LogP contribution in [-0.2, 0) is 6.54 Å². The van der Waals surface area contributed by atoms with Crippen molar-refractivity contribution in [3.05, 3.63) is 41.5 Å². The summed E-state index contributed by atoms with van der Waals surface area (Å²) in [4.78, 5) is 4.29. The molecule has 90 valence electrons. The van der Waals surface area contributed by atoms with Crippen LogP contribution in [0, 0.1) is 12.7 Å². The highest BCUT2D eigenvalue weighted by Crippen LogP contribution is 2.21. The minimum atomic E-state index is -0.242. The summed E-state index contributed by atoms with van der Waals surface area (Å²) in [6.45, 7) is 5.29. The van der Waals surface area contributed by atoms with Crippen LogP contribution in [0.3, 0.4) is 0 Å². The lowest BCUT2D eigenvalue weighted by Gasteiger charge is -1.98. The number of benzene rings is 1. The summed E-state index contributed by atoms with van der Waals surface area (Å²) in [6.07, 6.45) is 1.59. The molecule has 17 heavy (non-hydrogen) atoms. The molecule has 1 heterocycles. The van der Waals surface area contributed by atoms with Crippen LogP contribution in [0.4, 0.5) is 4.39 Å². The van der Waals surface area contributed by atoms with Gasteiger partial charge in [-0.15, -0.1) is 0 Å². The predicted molar refractivity (Wildman–Crippen MR) is 64.0 cm³/mol. The highest BCUT2D eigenvalue weighted by Gasteiger charge is 2.08. The van der Waals surface area contributed by atoms with Crippen LogP contribution in [0.1, 0.15) is 18.2 Å². The number of halogens is 1. The summed E-state index contributed by atoms with van der Waals surface area (Å²) in [6, 6.07) is 4.97. The molecule has 0 bridgehead atoms.